The molecule has 2 N–H and O–H groups in total. The molecule has 176 valence electrons. The second kappa shape index (κ2) is 10.8. The largest absolute Gasteiger partial charge is 0.483 e. The number of amides is 2. The average molecular weight is 479 g/mol. The molecule has 0 atom stereocenters. The van der Waals surface area contributed by atoms with E-state index in [0.29, 0.717) is 24.6 Å². The van der Waals surface area contributed by atoms with Crippen LogP contribution in [-0.2, 0) is 4.79 Å². The Kier molecular flexibility index (Phi) is 7.44. The number of ether oxygens (including phenoxy) is 1. The second-order valence-electron chi connectivity index (χ2n) is 7.86. The molecule has 0 spiro atoms. The monoisotopic (exact) mass is 478 g/mol. The molecule has 8 nitrogen and oxygen atoms in total. The zero-order chi connectivity index (χ0) is 23.9. The lowest BCUT2D eigenvalue weighted by Crippen LogP contribution is -2.48. The Morgan fingerprint density at radius 3 is 2.41 bits per heavy atom. The molecule has 9 heteroatoms. The molecule has 0 aliphatic carbocycles. The summed E-state index contributed by atoms with van der Waals surface area (Å²) in [6, 6.07) is 18.7. The van der Waals surface area contributed by atoms with Crippen molar-refractivity contribution < 1.29 is 18.7 Å². The first-order valence-corrected chi connectivity index (χ1v) is 11.4. The van der Waals surface area contributed by atoms with Crippen LogP contribution in [0, 0.1) is 6.92 Å². The van der Waals surface area contributed by atoms with Crippen molar-refractivity contribution in [2.45, 2.75) is 6.92 Å². The van der Waals surface area contributed by atoms with E-state index in [2.05, 4.69) is 15.5 Å². The first-order valence-electron chi connectivity index (χ1n) is 11.0. The van der Waals surface area contributed by atoms with Crippen LogP contribution < -0.4 is 20.3 Å². The van der Waals surface area contributed by atoms with Gasteiger partial charge in [-0.05, 0) is 67.2 Å². The summed E-state index contributed by atoms with van der Waals surface area (Å²) in [6.45, 7) is 4.51. The fourth-order valence-corrected chi connectivity index (χ4v) is 3.90. The number of aryl methyl sites for hydroxylation is 1. The van der Waals surface area contributed by atoms with Crippen LogP contribution in [0.4, 0.5) is 11.4 Å². The van der Waals surface area contributed by atoms with Crippen LogP contribution in [0.15, 0.2) is 71.3 Å². The van der Waals surface area contributed by atoms with Crippen molar-refractivity contribution in [2.75, 3.05) is 43.0 Å². The topological polar surface area (TPSA) is 87.0 Å². The normalized spacial score (nSPS) is 13.3. The Morgan fingerprint density at radius 1 is 1.00 bits per heavy atom. The molecule has 1 fully saturated rings. The van der Waals surface area contributed by atoms with Gasteiger partial charge < -0.3 is 24.3 Å². The van der Waals surface area contributed by atoms with Gasteiger partial charge in [-0.15, -0.1) is 0 Å². The molecule has 2 amide bonds. The molecule has 4 rings (SSSR count). The number of hydrogen-bond donors (Lipinski definition) is 2. The molecule has 1 aliphatic rings. The summed E-state index contributed by atoms with van der Waals surface area (Å²) in [7, 11) is 0. The summed E-state index contributed by atoms with van der Waals surface area (Å²) in [5.74, 6) is 0.621. The third kappa shape index (κ3) is 5.93. The maximum absolute atomic E-state index is 12.4. The van der Waals surface area contributed by atoms with E-state index in [9.17, 15) is 9.59 Å². The van der Waals surface area contributed by atoms with Crippen molar-refractivity contribution in [1.82, 2.24) is 10.2 Å². The van der Waals surface area contributed by atoms with E-state index in [1.807, 2.05) is 55.5 Å². The van der Waals surface area contributed by atoms with Crippen LogP contribution in [-0.4, -0.2) is 54.6 Å². The molecule has 0 radical (unpaired) electrons. The fraction of sp³-hybridized carbons (Fsp3) is 0.240. The summed E-state index contributed by atoms with van der Waals surface area (Å²) in [4.78, 5) is 28.6. The fourth-order valence-electron chi connectivity index (χ4n) is 3.67. The molecular weight excluding hydrogens is 452 g/mol. The molecule has 2 heterocycles. The molecule has 0 bridgehead atoms. The third-order valence-electron chi connectivity index (χ3n) is 5.49. The molecule has 2 aromatic carbocycles. The summed E-state index contributed by atoms with van der Waals surface area (Å²) < 4.78 is 10.8. The van der Waals surface area contributed by atoms with Gasteiger partial charge in [0.05, 0.1) is 6.26 Å². The Morgan fingerprint density at radius 2 is 1.74 bits per heavy atom. The Hall–Kier alpha value is -3.85. The number of anilines is 2. The first kappa shape index (κ1) is 23.3. The second-order valence-corrected chi connectivity index (χ2v) is 8.27. The van der Waals surface area contributed by atoms with Crippen LogP contribution in [0.1, 0.15) is 16.1 Å². The third-order valence-corrected chi connectivity index (χ3v) is 5.70. The minimum atomic E-state index is -0.334. The van der Waals surface area contributed by atoms with Gasteiger partial charge in [0, 0.05) is 37.6 Å². The molecule has 34 heavy (non-hydrogen) atoms. The number of nitrogens with zero attached hydrogens (tertiary/aromatic N) is 2. The number of benzene rings is 2. The predicted octanol–water partition coefficient (Wildman–Crippen LogP) is 3.44. The van der Waals surface area contributed by atoms with Crippen LogP contribution >= 0.6 is 12.2 Å². The standard InChI is InChI=1S/C25H26N4O4S/c1-18-5-2-3-6-21(18)33-17-23(30)27-25(34)26-19-8-10-20(11-9-19)28-12-14-29(15-13-28)24(31)22-7-4-16-32-22/h2-11,16H,12-15,17H2,1H3,(H2,26,27,30,34). The van der Waals surface area contributed by atoms with Crippen molar-refractivity contribution in [3.8, 4) is 5.75 Å². The van der Waals surface area contributed by atoms with Gasteiger partial charge in [-0.2, -0.15) is 0 Å². The quantitative estimate of drug-likeness (QED) is 0.525. The summed E-state index contributed by atoms with van der Waals surface area (Å²) in [6.07, 6.45) is 1.51. The van der Waals surface area contributed by atoms with Crippen molar-refractivity contribution in [3.63, 3.8) is 0 Å². The van der Waals surface area contributed by atoms with Gasteiger partial charge in [0.15, 0.2) is 17.5 Å². The summed E-state index contributed by atoms with van der Waals surface area (Å²) >= 11 is 5.24. The lowest BCUT2D eigenvalue weighted by molar-refractivity contribution is -0.121. The zero-order valence-electron chi connectivity index (χ0n) is 18.8. The van der Waals surface area contributed by atoms with Crippen molar-refractivity contribution >= 4 is 40.5 Å². The smallest absolute Gasteiger partial charge is 0.289 e. The number of carbonyl (C=O) groups excluding carboxylic acids is 2. The van der Waals surface area contributed by atoms with Gasteiger partial charge in [-0.25, -0.2) is 0 Å². The lowest BCUT2D eigenvalue weighted by Gasteiger charge is -2.35. The Balaban J connectivity index is 1.22. The maximum Gasteiger partial charge on any atom is 0.289 e. The average Bonchev–Trinajstić information content (AvgIpc) is 3.39. The molecule has 1 aliphatic heterocycles. The number of thiocarbonyl (C=S) groups is 1. The van der Waals surface area contributed by atoms with Crippen LogP contribution in [0.3, 0.4) is 0 Å². The van der Waals surface area contributed by atoms with Gasteiger partial charge >= 0.3 is 0 Å². The number of nitrogens with one attached hydrogen (secondary N) is 2. The zero-order valence-corrected chi connectivity index (χ0v) is 19.6. The molecule has 3 aromatic rings. The van der Waals surface area contributed by atoms with Gasteiger partial charge in [0.2, 0.25) is 0 Å². The Bertz CT molecular complexity index is 1140. The number of piperazine rings is 1. The molecule has 0 saturated carbocycles. The minimum absolute atomic E-state index is 0.0796. The van der Waals surface area contributed by atoms with Gasteiger partial charge in [0.1, 0.15) is 5.75 Å². The molecule has 0 unspecified atom stereocenters. The summed E-state index contributed by atoms with van der Waals surface area (Å²) in [5.41, 5.74) is 2.78. The molecular formula is C25H26N4O4S. The van der Waals surface area contributed by atoms with Gasteiger partial charge in [0.25, 0.3) is 11.8 Å². The highest BCUT2D eigenvalue weighted by molar-refractivity contribution is 7.80. The SMILES string of the molecule is Cc1ccccc1OCC(=O)NC(=S)Nc1ccc(N2CCN(C(=O)c3ccco3)CC2)cc1. The lowest BCUT2D eigenvalue weighted by atomic mass is 10.2. The van der Waals surface area contributed by atoms with E-state index < -0.39 is 0 Å². The first-order chi connectivity index (χ1) is 16.5. The number of hydrogen-bond acceptors (Lipinski definition) is 6. The van der Waals surface area contributed by atoms with E-state index >= 15 is 0 Å². The Labute approximate surface area is 203 Å². The van der Waals surface area contributed by atoms with Crippen molar-refractivity contribution in [2.24, 2.45) is 0 Å². The maximum atomic E-state index is 12.4. The van der Waals surface area contributed by atoms with Crippen LogP contribution in [0.5, 0.6) is 5.75 Å². The van der Waals surface area contributed by atoms with E-state index in [4.69, 9.17) is 21.4 Å². The van der Waals surface area contributed by atoms with Crippen molar-refractivity contribution in [3.05, 3.63) is 78.3 Å². The highest BCUT2D eigenvalue weighted by atomic mass is 32.1. The van der Waals surface area contributed by atoms with Gasteiger partial charge in [-0.3, -0.25) is 14.9 Å². The van der Waals surface area contributed by atoms with E-state index in [-0.39, 0.29) is 23.5 Å². The minimum Gasteiger partial charge on any atom is -0.483 e. The number of carbonyl (C=O) groups is 2. The number of para-hydroxylation sites is 1. The molecule has 1 aromatic heterocycles. The van der Waals surface area contributed by atoms with E-state index in [1.165, 1.54) is 6.26 Å². The predicted molar refractivity (Wildman–Crippen MR) is 134 cm³/mol. The van der Waals surface area contributed by atoms with Gasteiger partial charge in [-0.1, -0.05) is 18.2 Å². The van der Waals surface area contributed by atoms with Crippen molar-refractivity contribution in [1.29, 1.82) is 0 Å². The van der Waals surface area contributed by atoms with Crippen LogP contribution in [0.2, 0.25) is 0 Å². The van der Waals surface area contributed by atoms with E-state index in [1.54, 1.807) is 17.0 Å². The highest BCUT2D eigenvalue weighted by Gasteiger charge is 2.23. The van der Waals surface area contributed by atoms with E-state index in [0.717, 1.165) is 30.0 Å². The van der Waals surface area contributed by atoms with Crippen LogP contribution in [0.25, 0.3) is 0 Å². The number of rotatable bonds is 6. The number of furan rings is 1. The molecule has 1 saturated heterocycles. The highest BCUT2D eigenvalue weighted by Crippen LogP contribution is 2.20. The summed E-state index contributed by atoms with van der Waals surface area (Å²) in [5, 5.41) is 5.84.